The SMILES string of the molecule is CNc1oc(C2C=Cc3ccccc32)c(O)c1-c1cccc(C(F)(F)F)c1. The molecule has 1 unspecified atom stereocenters. The summed E-state index contributed by atoms with van der Waals surface area (Å²) >= 11 is 0. The van der Waals surface area contributed by atoms with Crippen LogP contribution in [0.25, 0.3) is 17.2 Å². The second-order valence-corrected chi connectivity index (χ2v) is 6.31. The van der Waals surface area contributed by atoms with Gasteiger partial charge in [0.25, 0.3) is 0 Å². The summed E-state index contributed by atoms with van der Waals surface area (Å²) in [7, 11) is 1.59. The van der Waals surface area contributed by atoms with E-state index in [2.05, 4.69) is 5.32 Å². The molecule has 0 amide bonds. The summed E-state index contributed by atoms with van der Waals surface area (Å²) in [6, 6.07) is 12.5. The van der Waals surface area contributed by atoms with Crippen LogP contribution in [0.4, 0.5) is 19.1 Å². The van der Waals surface area contributed by atoms with Gasteiger partial charge in [0.15, 0.2) is 11.5 Å². The number of hydrogen-bond acceptors (Lipinski definition) is 3. The number of halogens is 3. The van der Waals surface area contributed by atoms with E-state index < -0.39 is 11.7 Å². The highest BCUT2D eigenvalue weighted by Gasteiger charge is 2.33. The fraction of sp³-hybridized carbons (Fsp3) is 0.143. The van der Waals surface area contributed by atoms with E-state index in [1.54, 1.807) is 7.05 Å². The Balaban J connectivity index is 1.84. The van der Waals surface area contributed by atoms with E-state index in [-0.39, 0.29) is 28.7 Å². The minimum atomic E-state index is -4.47. The normalized spacial score (nSPS) is 15.8. The topological polar surface area (TPSA) is 45.4 Å². The Hall–Kier alpha value is -3.15. The van der Waals surface area contributed by atoms with Gasteiger partial charge >= 0.3 is 6.18 Å². The summed E-state index contributed by atoms with van der Waals surface area (Å²) in [4.78, 5) is 0. The average molecular weight is 371 g/mol. The third-order valence-electron chi connectivity index (χ3n) is 4.70. The van der Waals surface area contributed by atoms with Gasteiger partial charge in [0.05, 0.1) is 17.0 Å². The predicted octanol–water partition coefficient (Wildman–Crippen LogP) is 5.87. The lowest BCUT2D eigenvalue weighted by Gasteiger charge is -2.09. The highest BCUT2D eigenvalue weighted by molar-refractivity contribution is 5.83. The lowest BCUT2D eigenvalue weighted by molar-refractivity contribution is -0.137. The zero-order valence-electron chi connectivity index (χ0n) is 14.3. The Kier molecular flexibility index (Phi) is 3.98. The Bertz CT molecular complexity index is 1030. The van der Waals surface area contributed by atoms with Crippen molar-refractivity contribution < 1.29 is 22.7 Å². The Morgan fingerprint density at radius 3 is 2.59 bits per heavy atom. The number of anilines is 1. The lowest BCUT2D eigenvalue weighted by Crippen LogP contribution is -2.04. The molecule has 3 aromatic rings. The molecule has 0 spiro atoms. The lowest BCUT2D eigenvalue weighted by atomic mass is 9.96. The number of alkyl halides is 3. The van der Waals surface area contributed by atoms with Gasteiger partial charge in [0, 0.05) is 7.05 Å². The van der Waals surface area contributed by atoms with Gasteiger partial charge in [-0.1, -0.05) is 48.6 Å². The Labute approximate surface area is 153 Å². The van der Waals surface area contributed by atoms with Crippen LogP contribution in [0.15, 0.2) is 59.0 Å². The summed E-state index contributed by atoms with van der Waals surface area (Å²) in [5, 5.41) is 13.7. The van der Waals surface area contributed by atoms with Crippen molar-refractivity contribution >= 4 is 12.0 Å². The van der Waals surface area contributed by atoms with Crippen LogP contribution in [0.3, 0.4) is 0 Å². The molecule has 0 bridgehead atoms. The molecule has 0 fully saturated rings. The first-order valence-electron chi connectivity index (χ1n) is 8.38. The molecule has 1 aromatic heterocycles. The predicted molar refractivity (Wildman–Crippen MR) is 97.7 cm³/mol. The van der Waals surface area contributed by atoms with Crippen LogP contribution in [-0.4, -0.2) is 12.2 Å². The molecule has 1 aliphatic rings. The molecule has 3 nitrogen and oxygen atoms in total. The molecular formula is C21H16F3NO2. The maximum Gasteiger partial charge on any atom is 0.416 e. The van der Waals surface area contributed by atoms with Gasteiger partial charge in [-0.3, -0.25) is 0 Å². The molecule has 0 aliphatic heterocycles. The first kappa shape index (κ1) is 17.3. The molecule has 27 heavy (non-hydrogen) atoms. The van der Waals surface area contributed by atoms with Crippen molar-refractivity contribution in [3.05, 3.63) is 77.1 Å². The van der Waals surface area contributed by atoms with E-state index in [1.165, 1.54) is 12.1 Å². The highest BCUT2D eigenvalue weighted by atomic mass is 19.4. The number of allylic oxidation sites excluding steroid dienone is 1. The monoisotopic (exact) mass is 371 g/mol. The number of benzene rings is 2. The summed E-state index contributed by atoms with van der Waals surface area (Å²) in [5.41, 5.74) is 1.66. The largest absolute Gasteiger partial charge is 0.504 e. The van der Waals surface area contributed by atoms with Crippen molar-refractivity contribution in [2.75, 3.05) is 12.4 Å². The maximum atomic E-state index is 13.1. The van der Waals surface area contributed by atoms with E-state index in [9.17, 15) is 18.3 Å². The molecule has 4 rings (SSSR count). The molecule has 0 saturated heterocycles. The molecule has 0 radical (unpaired) electrons. The van der Waals surface area contributed by atoms with Gasteiger partial charge < -0.3 is 14.8 Å². The van der Waals surface area contributed by atoms with E-state index in [1.807, 2.05) is 36.4 Å². The van der Waals surface area contributed by atoms with Gasteiger partial charge in [0.2, 0.25) is 5.88 Å². The number of aromatic hydroxyl groups is 1. The molecule has 138 valence electrons. The third kappa shape index (κ3) is 2.87. The van der Waals surface area contributed by atoms with Crippen LogP contribution < -0.4 is 5.32 Å². The number of fused-ring (bicyclic) bond motifs is 1. The van der Waals surface area contributed by atoms with Crippen LogP contribution in [0, 0.1) is 0 Å². The Morgan fingerprint density at radius 2 is 1.85 bits per heavy atom. The van der Waals surface area contributed by atoms with E-state index in [0.717, 1.165) is 23.3 Å². The molecule has 1 atom stereocenters. The van der Waals surface area contributed by atoms with Crippen molar-refractivity contribution in [3.63, 3.8) is 0 Å². The van der Waals surface area contributed by atoms with E-state index in [0.29, 0.717) is 5.76 Å². The number of furan rings is 1. The van der Waals surface area contributed by atoms with Gasteiger partial charge in [-0.15, -0.1) is 0 Å². The number of nitrogens with one attached hydrogen (secondary N) is 1. The van der Waals surface area contributed by atoms with Crippen molar-refractivity contribution in [3.8, 4) is 16.9 Å². The number of rotatable bonds is 3. The summed E-state index contributed by atoms with van der Waals surface area (Å²) < 4.78 is 45.0. The van der Waals surface area contributed by atoms with Crippen LogP contribution in [-0.2, 0) is 6.18 Å². The van der Waals surface area contributed by atoms with Gasteiger partial charge in [-0.2, -0.15) is 13.2 Å². The van der Waals surface area contributed by atoms with Crippen LogP contribution >= 0.6 is 0 Å². The Morgan fingerprint density at radius 1 is 1.07 bits per heavy atom. The summed E-state index contributed by atoms with van der Waals surface area (Å²) in [6.07, 6.45) is -0.630. The smallest absolute Gasteiger partial charge is 0.416 e. The van der Waals surface area contributed by atoms with Crippen LogP contribution in [0.5, 0.6) is 5.75 Å². The van der Waals surface area contributed by atoms with E-state index >= 15 is 0 Å². The molecule has 2 N–H and O–H groups in total. The minimum Gasteiger partial charge on any atom is -0.504 e. The zero-order chi connectivity index (χ0) is 19.2. The minimum absolute atomic E-state index is 0.162. The van der Waals surface area contributed by atoms with Crippen molar-refractivity contribution in [1.82, 2.24) is 0 Å². The zero-order valence-corrected chi connectivity index (χ0v) is 14.3. The van der Waals surface area contributed by atoms with E-state index in [4.69, 9.17) is 4.42 Å². The quantitative estimate of drug-likeness (QED) is 0.605. The van der Waals surface area contributed by atoms with Gasteiger partial charge in [-0.25, -0.2) is 0 Å². The second-order valence-electron chi connectivity index (χ2n) is 6.31. The highest BCUT2D eigenvalue weighted by Crippen LogP contribution is 2.48. The third-order valence-corrected chi connectivity index (χ3v) is 4.70. The van der Waals surface area contributed by atoms with Crippen LogP contribution in [0.2, 0.25) is 0 Å². The second kappa shape index (κ2) is 6.23. The first-order valence-corrected chi connectivity index (χ1v) is 8.38. The fourth-order valence-corrected chi connectivity index (χ4v) is 3.42. The van der Waals surface area contributed by atoms with Gasteiger partial charge in [0.1, 0.15) is 0 Å². The van der Waals surface area contributed by atoms with Crippen molar-refractivity contribution in [2.24, 2.45) is 0 Å². The average Bonchev–Trinajstić information content (AvgIpc) is 3.21. The molecule has 1 heterocycles. The molecule has 1 aliphatic carbocycles. The molecule has 0 saturated carbocycles. The summed E-state index contributed by atoms with van der Waals surface area (Å²) in [6.45, 7) is 0. The summed E-state index contributed by atoms with van der Waals surface area (Å²) in [5.74, 6) is 0.0606. The molecule has 2 aromatic carbocycles. The number of hydrogen-bond donors (Lipinski definition) is 2. The first-order chi connectivity index (χ1) is 12.9. The molecular weight excluding hydrogens is 355 g/mol. The van der Waals surface area contributed by atoms with Crippen molar-refractivity contribution in [2.45, 2.75) is 12.1 Å². The maximum absolute atomic E-state index is 13.1. The fourth-order valence-electron chi connectivity index (χ4n) is 3.42. The van der Waals surface area contributed by atoms with Crippen molar-refractivity contribution in [1.29, 1.82) is 0 Å². The standard InChI is InChI=1S/C21H16F3NO2/c1-25-20-17(13-6-4-7-14(11-13)21(22,23)24)18(26)19(27-20)16-10-9-12-5-2-3-8-15(12)16/h2-11,16,25-26H,1H3. The molecule has 6 heteroatoms. The van der Waals surface area contributed by atoms with Gasteiger partial charge in [-0.05, 0) is 28.8 Å². The van der Waals surface area contributed by atoms with Crippen LogP contribution in [0.1, 0.15) is 28.4 Å².